The lowest BCUT2D eigenvalue weighted by Crippen LogP contribution is -2.52. The highest BCUT2D eigenvalue weighted by atomic mass is 79.9. The second kappa shape index (κ2) is 13.0. The van der Waals surface area contributed by atoms with Crippen molar-refractivity contribution in [1.29, 1.82) is 0 Å². The molecule has 0 spiro atoms. The van der Waals surface area contributed by atoms with Crippen molar-refractivity contribution in [1.82, 2.24) is 10.2 Å². The Hall–Kier alpha value is -2.54. The summed E-state index contributed by atoms with van der Waals surface area (Å²) in [4.78, 5) is 28.4. The maximum absolute atomic E-state index is 13.5. The van der Waals surface area contributed by atoms with Crippen molar-refractivity contribution >= 4 is 50.9 Å². The Labute approximate surface area is 224 Å². The molecule has 0 aliphatic rings. The van der Waals surface area contributed by atoms with Crippen LogP contribution in [0.25, 0.3) is 0 Å². The quantitative estimate of drug-likeness (QED) is 0.308. The molecule has 0 aliphatic heterocycles. The van der Waals surface area contributed by atoms with Crippen LogP contribution in [0.1, 0.15) is 25.0 Å². The molecule has 0 aliphatic carbocycles. The molecule has 0 bridgehead atoms. The molecular weight excluding hydrogens is 551 g/mol. The predicted molar refractivity (Wildman–Crippen MR) is 144 cm³/mol. The number of carbonyl (C=O) groups is 2. The Bertz CT molecular complexity index is 1140. The van der Waals surface area contributed by atoms with E-state index in [0.29, 0.717) is 22.2 Å². The average molecular weight is 578 g/mol. The first kappa shape index (κ1) is 27.1. The predicted octanol–water partition coefficient (Wildman–Crippen LogP) is 6.30. The van der Waals surface area contributed by atoms with Gasteiger partial charge in [0.1, 0.15) is 11.8 Å². The normalized spacial score (nSPS) is 11.7. The smallest absolute Gasteiger partial charge is 0.261 e. The third-order valence-corrected chi connectivity index (χ3v) is 6.25. The Morgan fingerprint density at radius 1 is 0.971 bits per heavy atom. The SMILES string of the molecule is CC(C)NC(=O)[C@H](Cc1ccccc1)N(Cc1ccc(Cl)cc1)C(=O)COc1ccc(Br)cc1Cl. The number of rotatable bonds is 10. The number of benzene rings is 3. The van der Waals surface area contributed by atoms with Crippen LogP contribution in [0.4, 0.5) is 0 Å². The summed E-state index contributed by atoms with van der Waals surface area (Å²) in [7, 11) is 0. The van der Waals surface area contributed by atoms with Crippen LogP contribution in [0, 0.1) is 0 Å². The van der Waals surface area contributed by atoms with Gasteiger partial charge in [-0.15, -0.1) is 0 Å². The van der Waals surface area contributed by atoms with Crippen molar-refractivity contribution in [2.45, 2.75) is 38.9 Å². The standard InChI is InChI=1S/C27H27BrCl2N2O3/c1-18(2)31-27(34)24(14-19-6-4-3-5-7-19)32(16-20-8-11-22(29)12-9-20)26(33)17-35-25-13-10-21(28)15-23(25)30/h3-13,15,18,24H,14,16-17H2,1-2H3,(H,31,34)/t24-/m0/s1. The molecular formula is C27H27BrCl2N2O3. The number of carbonyl (C=O) groups excluding carboxylic acids is 2. The molecule has 1 atom stereocenters. The van der Waals surface area contributed by atoms with Crippen LogP contribution >= 0.6 is 39.1 Å². The lowest BCUT2D eigenvalue weighted by atomic mass is 10.0. The zero-order valence-corrected chi connectivity index (χ0v) is 22.6. The van der Waals surface area contributed by atoms with Gasteiger partial charge < -0.3 is 15.0 Å². The van der Waals surface area contributed by atoms with Crippen LogP contribution in [0.15, 0.2) is 77.3 Å². The molecule has 5 nitrogen and oxygen atoms in total. The largest absolute Gasteiger partial charge is 0.482 e. The maximum atomic E-state index is 13.5. The van der Waals surface area contributed by atoms with E-state index >= 15 is 0 Å². The summed E-state index contributed by atoms with van der Waals surface area (Å²) in [5.74, 6) is -0.174. The summed E-state index contributed by atoms with van der Waals surface area (Å²) in [6.45, 7) is 3.73. The molecule has 0 unspecified atom stereocenters. The van der Waals surface area contributed by atoms with Crippen LogP contribution in [0.2, 0.25) is 10.0 Å². The molecule has 35 heavy (non-hydrogen) atoms. The second-order valence-corrected chi connectivity index (χ2v) is 10.1. The number of nitrogens with zero attached hydrogens (tertiary/aromatic N) is 1. The van der Waals surface area contributed by atoms with Crippen molar-refractivity contribution in [3.63, 3.8) is 0 Å². The summed E-state index contributed by atoms with van der Waals surface area (Å²) in [5, 5.41) is 3.94. The third kappa shape index (κ3) is 8.27. The third-order valence-electron chi connectivity index (χ3n) is 5.21. The van der Waals surface area contributed by atoms with Gasteiger partial charge in [0.25, 0.3) is 5.91 Å². The van der Waals surface area contributed by atoms with Crippen molar-refractivity contribution in [3.05, 3.63) is 98.4 Å². The van der Waals surface area contributed by atoms with Crippen LogP contribution in [-0.2, 0) is 22.6 Å². The Morgan fingerprint density at radius 3 is 2.29 bits per heavy atom. The first-order valence-electron chi connectivity index (χ1n) is 11.2. The Balaban J connectivity index is 1.91. The lowest BCUT2D eigenvalue weighted by Gasteiger charge is -2.32. The molecule has 1 N–H and O–H groups in total. The Kier molecular flexibility index (Phi) is 10.0. The minimum Gasteiger partial charge on any atom is -0.482 e. The molecule has 3 aromatic rings. The van der Waals surface area contributed by atoms with Gasteiger partial charge in [-0.1, -0.05) is 81.6 Å². The average Bonchev–Trinajstić information content (AvgIpc) is 2.82. The summed E-state index contributed by atoms with van der Waals surface area (Å²) < 4.78 is 6.56. The fraction of sp³-hybridized carbons (Fsp3) is 0.259. The van der Waals surface area contributed by atoms with Crippen LogP contribution in [0.5, 0.6) is 5.75 Å². The number of hydrogen-bond donors (Lipinski definition) is 1. The van der Waals surface area contributed by atoms with E-state index < -0.39 is 6.04 Å². The highest BCUT2D eigenvalue weighted by molar-refractivity contribution is 9.10. The number of ether oxygens (including phenoxy) is 1. The van der Waals surface area contributed by atoms with Gasteiger partial charge in [0.15, 0.2) is 6.61 Å². The van der Waals surface area contributed by atoms with Gasteiger partial charge in [-0.25, -0.2) is 0 Å². The van der Waals surface area contributed by atoms with E-state index in [4.69, 9.17) is 27.9 Å². The number of amides is 2. The van der Waals surface area contributed by atoms with Crippen LogP contribution < -0.4 is 10.1 Å². The van der Waals surface area contributed by atoms with Gasteiger partial charge in [0, 0.05) is 28.5 Å². The van der Waals surface area contributed by atoms with Gasteiger partial charge in [0.2, 0.25) is 5.91 Å². The number of nitrogens with one attached hydrogen (secondary N) is 1. The molecule has 0 fully saturated rings. The molecule has 0 aromatic heterocycles. The molecule has 0 heterocycles. The van der Waals surface area contributed by atoms with Crippen molar-refractivity contribution in [3.8, 4) is 5.75 Å². The monoisotopic (exact) mass is 576 g/mol. The van der Waals surface area contributed by atoms with E-state index in [1.807, 2.05) is 56.3 Å². The van der Waals surface area contributed by atoms with E-state index in [9.17, 15) is 9.59 Å². The van der Waals surface area contributed by atoms with Crippen molar-refractivity contribution in [2.24, 2.45) is 0 Å². The number of halogens is 3. The van der Waals surface area contributed by atoms with Gasteiger partial charge in [0.05, 0.1) is 5.02 Å². The zero-order valence-electron chi connectivity index (χ0n) is 19.5. The first-order valence-corrected chi connectivity index (χ1v) is 12.7. The molecule has 184 valence electrons. The fourth-order valence-electron chi connectivity index (χ4n) is 3.54. The van der Waals surface area contributed by atoms with Gasteiger partial charge in [-0.05, 0) is 55.3 Å². The first-order chi connectivity index (χ1) is 16.7. The fourth-order valence-corrected chi connectivity index (χ4v) is 4.39. The van der Waals surface area contributed by atoms with Gasteiger partial charge >= 0.3 is 0 Å². The summed E-state index contributed by atoms with van der Waals surface area (Å²) >= 11 is 15.7. The zero-order chi connectivity index (χ0) is 25.4. The minimum atomic E-state index is -0.744. The van der Waals surface area contributed by atoms with E-state index in [-0.39, 0.29) is 31.0 Å². The van der Waals surface area contributed by atoms with E-state index in [0.717, 1.165) is 15.6 Å². The topological polar surface area (TPSA) is 58.6 Å². The van der Waals surface area contributed by atoms with E-state index in [2.05, 4.69) is 21.2 Å². The van der Waals surface area contributed by atoms with Crippen LogP contribution in [0.3, 0.4) is 0 Å². The summed E-state index contributed by atoms with van der Waals surface area (Å²) in [5.41, 5.74) is 1.79. The second-order valence-electron chi connectivity index (χ2n) is 8.38. The molecule has 3 rings (SSSR count). The van der Waals surface area contributed by atoms with Crippen molar-refractivity contribution < 1.29 is 14.3 Å². The molecule has 3 aromatic carbocycles. The molecule has 8 heteroatoms. The van der Waals surface area contributed by atoms with Gasteiger partial charge in [-0.3, -0.25) is 9.59 Å². The summed E-state index contributed by atoms with van der Waals surface area (Å²) in [6.07, 6.45) is 0.359. The molecule has 2 amide bonds. The van der Waals surface area contributed by atoms with Gasteiger partial charge in [-0.2, -0.15) is 0 Å². The Morgan fingerprint density at radius 2 is 1.66 bits per heavy atom. The van der Waals surface area contributed by atoms with Crippen LogP contribution in [-0.4, -0.2) is 35.4 Å². The molecule has 0 radical (unpaired) electrons. The number of hydrogen-bond acceptors (Lipinski definition) is 3. The molecule has 0 saturated heterocycles. The van der Waals surface area contributed by atoms with E-state index in [1.54, 1.807) is 35.2 Å². The highest BCUT2D eigenvalue weighted by Gasteiger charge is 2.31. The summed E-state index contributed by atoms with van der Waals surface area (Å²) in [6, 6.07) is 21.2. The highest BCUT2D eigenvalue weighted by Crippen LogP contribution is 2.28. The minimum absolute atomic E-state index is 0.0777. The maximum Gasteiger partial charge on any atom is 0.261 e. The molecule has 0 saturated carbocycles. The van der Waals surface area contributed by atoms with E-state index in [1.165, 1.54) is 0 Å². The lowest BCUT2D eigenvalue weighted by molar-refractivity contribution is -0.143. The van der Waals surface area contributed by atoms with Crippen molar-refractivity contribution in [2.75, 3.05) is 6.61 Å².